The minimum Gasteiger partial charge on any atom is -0.489 e. The first-order valence-corrected chi connectivity index (χ1v) is 7.65. The van der Waals surface area contributed by atoms with Crippen LogP contribution in [-0.4, -0.2) is 0 Å². The molecular formula is C20H20N2O. The van der Waals surface area contributed by atoms with E-state index >= 15 is 0 Å². The third-order valence-electron chi connectivity index (χ3n) is 3.64. The molecule has 116 valence electrons. The molecule has 0 aromatic heterocycles. The van der Waals surface area contributed by atoms with Crippen molar-refractivity contribution in [3.63, 3.8) is 0 Å². The number of hydrogen-bond donors (Lipinski definition) is 2. The fourth-order valence-corrected chi connectivity index (χ4v) is 2.30. The maximum absolute atomic E-state index is 5.94. The Labute approximate surface area is 136 Å². The van der Waals surface area contributed by atoms with Crippen LogP contribution in [0.4, 0.5) is 11.4 Å². The third-order valence-corrected chi connectivity index (χ3v) is 3.64. The molecule has 0 aliphatic rings. The molecule has 0 saturated heterocycles. The van der Waals surface area contributed by atoms with Gasteiger partial charge in [0.1, 0.15) is 12.4 Å². The molecule has 23 heavy (non-hydrogen) atoms. The number of hydrogen-bond acceptors (Lipinski definition) is 3. The second kappa shape index (κ2) is 7.36. The van der Waals surface area contributed by atoms with Gasteiger partial charge >= 0.3 is 0 Å². The Morgan fingerprint density at radius 3 is 2.22 bits per heavy atom. The van der Waals surface area contributed by atoms with E-state index in [0.29, 0.717) is 13.2 Å². The van der Waals surface area contributed by atoms with E-state index in [1.54, 1.807) is 0 Å². The van der Waals surface area contributed by atoms with Crippen molar-refractivity contribution in [3.8, 4) is 5.75 Å². The van der Waals surface area contributed by atoms with Gasteiger partial charge in [-0.25, -0.2) is 0 Å². The van der Waals surface area contributed by atoms with Crippen LogP contribution in [0.15, 0.2) is 78.9 Å². The summed E-state index contributed by atoms with van der Waals surface area (Å²) in [5.74, 6) is 0.860. The lowest BCUT2D eigenvalue weighted by Gasteiger charge is -2.10. The highest BCUT2D eigenvalue weighted by molar-refractivity contribution is 5.51. The van der Waals surface area contributed by atoms with Gasteiger partial charge in [0.05, 0.1) is 0 Å². The van der Waals surface area contributed by atoms with Gasteiger partial charge in [0.25, 0.3) is 0 Å². The zero-order chi connectivity index (χ0) is 15.9. The first-order chi connectivity index (χ1) is 11.3. The molecule has 0 saturated carbocycles. The Morgan fingerprint density at radius 2 is 1.48 bits per heavy atom. The van der Waals surface area contributed by atoms with Crippen LogP contribution in [0, 0.1) is 0 Å². The van der Waals surface area contributed by atoms with Crippen LogP contribution in [-0.2, 0) is 13.2 Å². The Bertz CT molecular complexity index is 739. The van der Waals surface area contributed by atoms with Gasteiger partial charge in [-0.15, -0.1) is 0 Å². The minimum absolute atomic E-state index is 0.578. The number of anilines is 2. The molecule has 3 heteroatoms. The van der Waals surface area contributed by atoms with Gasteiger partial charge in [-0.1, -0.05) is 48.5 Å². The second-order valence-corrected chi connectivity index (χ2v) is 5.35. The molecule has 3 rings (SSSR count). The average Bonchev–Trinajstić information content (AvgIpc) is 2.61. The van der Waals surface area contributed by atoms with Crippen molar-refractivity contribution >= 4 is 11.4 Å². The number of nitrogens with two attached hydrogens (primary N) is 1. The van der Waals surface area contributed by atoms with Crippen molar-refractivity contribution < 1.29 is 4.74 Å². The largest absolute Gasteiger partial charge is 0.489 e. The van der Waals surface area contributed by atoms with Gasteiger partial charge < -0.3 is 15.8 Å². The number of nitrogens with one attached hydrogen (secondary N) is 1. The third kappa shape index (κ3) is 4.27. The Hall–Kier alpha value is -2.94. The van der Waals surface area contributed by atoms with Gasteiger partial charge in [-0.3, -0.25) is 0 Å². The summed E-state index contributed by atoms with van der Waals surface area (Å²) in [7, 11) is 0. The van der Waals surface area contributed by atoms with E-state index in [-0.39, 0.29) is 0 Å². The molecule has 3 nitrogen and oxygen atoms in total. The summed E-state index contributed by atoms with van der Waals surface area (Å²) in [5.41, 5.74) is 10.0. The highest BCUT2D eigenvalue weighted by atomic mass is 16.5. The van der Waals surface area contributed by atoms with Crippen molar-refractivity contribution in [2.45, 2.75) is 13.2 Å². The van der Waals surface area contributed by atoms with Crippen molar-refractivity contribution in [2.24, 2.45) is 0 Å². The summed E-state index contributed by atoms with van der Waals surface area (Å²) in [5, 5.41) is 3.37. The molecule has 0 bridgehead atoms. The maximum Gasteiger partial charge on any atom is 0.119 e. The van der Waals surface area contributed by atoms with Crippen molar-refractivity contribution in [1.82, 2.24) is 0 Å². The summed E-state index contributed by atoms with van der Waals surface area (Å²) >= 11 is 0. The zero-order valence-electron chi connectivity index (χ0n) is 12.9. The number of rotatable bonds is 6. The second-order valence-electron chi connectivity index (χ2n) is 5.35. The van der Waals surface area contributed by atoms with Gasteiger partial charge in [0, 0.05) is 17.9 Å². The highest BCUT2D eigenvalue weighted by Gasteiger charge is 1.99. The highest BCUT2D eigenvalue weighted by Crippen LogP contribution is 2.19. The van der Waals surface area contributed by atoms with E-state index in [1.807, 2.05) is 66.7 Å². The fraction of sp³-hybridized carbons (Fsp3) is 0.100. The molecule has 0 fully saturated rings. The van der Waals surface area contributed by atoms with E-state index in [2.05, 4.69) is 17.4 Å². The standard InChI is InChI=1S/C20H20N2O/c21-20-9-5-4-8-17(20)14-22-18-10-12-19(13-11-18)23-15-16-6-2-1-3-7-16/h1-13,22H,14-15,21H2. The Balaban J connectivity index is 1.54. The number of nitrogen functional groups attached to an aromatic ring is 1. The van der Waals surface area contributed by atoms with Crippen LogP contribution in [0.5, 0.6) is 5.75 Å². The Kier molecular flexibility index (Phi) is 4.79. The van der Waals surface area contributed by atoms with Crippen LogP contribution < -0.4 is 15.8 Å². The normalized spacial score (nSPS) is 10.3. The van der Waals surface area contributed by atoms with E-state index in [9.17, 15) is 0 Å². The summed E-state index contributed by atoms with van der Waals surface area (Å²) in [6.45, 7) is 1.28. The molecule has 3 N–H and O–H groups in total. The number of para-hydroxylation sites is 1. The van der Waals surface area contributed by atoms with Crippen LogP contribution >= 0.6 is 0 Å². The number of ether oxygens (including phenoxy) is 1. The van der Waals surface area contributed by atoms with E-state index in [0.717, 1.165) is 28.3 Å². The topological polar surface area (TPSA) is 47.3 Å². The molecule has 0 radical (unpaired) electrons. The van der Waals surface area contributed by atoms with Gasteiger partial charge in [-0.2, -0.15) is 0 Å². The lowest BCUT2D eigenvalue weighted by atomic mass is 10.2. The van der Waals surface area contributed by atoms with Gasteiger partial charge in [0.15, 0.2) is 0 Å². The Morgan fingerprint density at radius 1 is 0.783 bits per heavy atom. The smallest absolute Gasteiger partial charge is 0.119 e. The van der Waals surface area contributed by atoms with Crippen LogP contribution in [0.1, 0.15) is 11.1 Å². The summed E-state index contributed by atoms with van der Waals surface area (Å²) in [6, 6.07) is 26.0. The van der Waals surface area contributed by atoms with E-state index in [4.69, 9.17) is 10.5 Å². The molecule has 0 atom stereocenters. The lowest BCUT2D eigenvalue weighted by molar-refractivity contribution is 0.306. The van der Waals surface area contributed by atoms with Crippen LogP contribution in [0.3, 0.4) is 0 Å². The molecular weight excluding hydrogens is 284 g/mol. The van der Waals surface area contributed by atoms with Crippen molar-refractivity contribution in [3.05, 3.63) is 90.0 Å². The maximum atomic E-state index is 5.94. The minimum atomic E-state index is 0.578. The lowest BCUT2D eigenvalue weighted by Crippen LogP contribution is -2.02. The first kappa shape index (κ1) is 15.0. The van der Waals surface area contributed by atoms with Crippen LogP contribution in [0.2, 0.25) is 0 Å². The van der Waals surface area contributed by atoms with Gasteiger partial charge in [0.2, 0.25) is 0 Å². The summed E-state index contributed by atoms with van der Waals surface area (Å²) < 4.78 is 5.78. The molecule has 3 aromatic rings. The molecule has 0 aliphatic heterocycles. The van der Waals surface area contributed by atoms with Crippen molar-refractivity contribution in [2.75, 3.05) is 11.1 Å². The predicted octanol–water partition coefficient (Wildman–Crippen LogP) is 4.46. The molecule has 0 amide bonds. The van der Waals surface area contributed by atoms with E-state index < -0.39 is 0 Å². The predicted molar refractivity (Wildman–Crippen MR) is 95.4 cm³/mol. The van der Waals surface area contributed by atoms with E-state index in [1.165, 1.54) is 0 Å². The SMILES string of the molecule is Nc1ccccc1CNc1ccc(OCc2ccccc2)cc1. The monoisotopic (exact) mass is 304 g/mol. The molecule has 0 heterocycles. The molecule has 0 spiro atoms. The zero-order valence-corrected chi connectivity index (χ0v) is 12.9. The van der Waals surface area contributed by atoms with Gasteiger partial charge in [-0.05, 0) is 41.5 Å². The average molecular weight is 304 g/mol. The molecule has 0 unspecified atom stereocenters. The first-order valence-electron chi connectivity index (χ1n) is 7.65. The van der Waals surface area contributed by atoms with Crippen LogP contribution in [0.25, 0.3) is 0 Å². The molecule has 0 aliphatic carbocycles. The number of benzene rings is 3. The van der Waals surface area contributed by atoms with Crippen molar-refractivity contribution in [1.29, 1.82) is 0 Å². The molecule has 3 aromatic carbocycles. The summed E-state index contributed by atoms with van der Waals surface area (Å²) in [4.78, 5) is 0. The fourth-order valence-electron chi connectivity index (χ4n) is 2.30. The summed E-state index contributed by atoms with van der Waals surface area (Å²) in [6.07, 6.45) is 0. The quantitative estimate of drug-likeness (QED) is 0.661.